The second kappa shape index (κ2) is 7.45. The molecule has 0 aromatic rings. The molecule has 0 spiro atoms. The van der Waals surface area contributed by atoms with Gasteiger partial charge in [-0.3, -0.25) is 0 Å². The quantitative estimate of drug-likeness (QED) is 0.297. The van der Waals surface area contributed by atoms with Crippen LogP contribution in [0.25, 0.3) is 0 Å². The normalized spacial score (nSPS) is 16.2. The Kier molecular flexibility index (Phi) is 7.22. The first-order chi connectivity index (χ1) is 10.2. The molecule has 0 aliphatic carbocycles. The third kappa shape index (κ3) is 3.86. The molecule has 0 fully saturated rings. The third-order valence-corrected chi connectivity index (χ3v) is 3.33. The fourth-order valence-electron chi connectivity index (χ4n) is 1.80. The van der Waals surface area contributed by atoms with Crippen molar-refractivity contribution >= 4 is 11.6 Å². The third-order valence-electron chi connectivity index (χ3n) is 3.06. The number of ether oxygens (including phenoxy) is 1. The zero-order chi connectivity index (χ0) is 18.7. The first-order valence-corrected chi connectivity index (χ1v) is 6.41. The topological polar surface area (TPSA) is 9.23 Å². The molecule has 0 bridgehead atoms. The van der Waals surface area contributed by atoms with Gasteiger partial charge in [-0.15, -0.1) is 11.6 Å². The van der Waals surface area contributed by atoms with E-state index >= 15 is 0 Å². The summed E-state index contributed by atoms with van der Waals surface area (Å²) in [4.78, 5) is 0. The van der Waals surface area contributed by atoms with Gasteiger partial charge in [-0.25, -0.2) is 0 Å². The Morgan fingerprint density at radius 1 is 0.913 bits per heavy atom. The van der Waals surface area contributed by atoms with Gasteiger partial charge in [0.05, 0.1) is 0 Å². The molecule has 138 valence electrons. The summed E-state index contributed by atoms with van der Waals surface area (Å²) in [6.45, 7) is 0. The summed E-state index contributed by atoms with van der Waals surface area (Å²) in [6, 6.07) is 0. The maximum atomic E-state index is 13.8. The lowest BCUT2D eigenvalue weighted by molar-refractivity contribution is -0.380. The molecule has 1 unspecified atom stereocenters. The van der Waals surface area contributed by atoms with Crippen LogP contribution in [0.2, 0.25) is 0 Å². The van der Waals surface area contributed by atoms with Gasteiger partial charge in [-0.1, -0.05) is 0 Å². The van der Waals surface area contributed by atoms with Crippen molar-refractivity contribution in [2.75, 3.05) is 13.0 Å². The Labute approximate surface area is 129 Å². The lowest BCUT2D eigenvalue weighted by atomic mass is 9.84. The summed E-state index contributed by atoms with van der Waals surface area (Å²) >= 11 is 5.16. The summed E-state index contributed by atoms with van der Waals surface area (Å²) in [7, 11) is 0.0472. The Morgan fingerprint density at radius 2 is 1.39 bits per heavy atom. The summed E-state index contributed by atoms with van der Waals surface area (Å²) < 4.78 is 133. The van der Waals surface area contributed by atoms with Gasteiger partial charge in [-0.05, 0) is 19.3 Å². The molecular weight excluding hydrogens is 374 g/mol. The van der Waals surface area contributed by atoms with Gasteiger partial charge < -0.3 is 4.74 Å². The van der Waals surface area contributed by atoms with Crippen LogP contribution in [0.5, 0.6) is 0 Å². The van der Waals surface area contributed by atoms with Crippen molar-refractivity contribution in [2.24, 2.45) is 0 Å². The second-order valence-electron chi connectivity index (χ2n) is 4.40. The largest absolute Gasteiger partial charge is 0.423 e. The van der Waals surface area contributed by atoms with Crippen molar-refractivity contribution in [3.63, 3.8) is 0 Å². The smallest absolute Gasteiger partial charge is 0.363 e. The van der Waals surface area contributed by atoms with Crippen molar-refractivity contribution in [2.45, 2.75) is 42.9 Å². The SMILES string of the molecule is COC(CCCCCl)(C(F)(F)F)C(F)(F)C(F)(F)C(F)=C(F)F. The molecule has 0 saturated heterocycles. The van der Waals surface area contributed by atoms with E-state index in [1.807, 2.05) is 0 Å². The van der Waals surface area contributed by atoms with Gasteiger partial charge in [0.1, 0.15) is 0 Å². The van der Waals surface area contributed by atoms with Crippen molar-refractivity contribution in [3.05, 3.63) is 11.9 Å². The minimum Gasteiger partial charge on any atom is -0.363 e. The average molecular weight is 385 g/mol. The van der Waals surface area contributed by atoms with E-state index < -0.39 is 48.4 Å². The molecule has 0 aliphatic heterocycles. The van der Waals surface area contributed by atoms with E-state index in [9.17, 15) is 43.9 Å². The summed E-state index contributed by atoms with van der Waals surface area (Å²) in [5.74, 6) is -17.0. The van der Waals surface area contributed by atoms with Gasteiger partial charge in [0.25, 0.3) is 0 Å². The summed E-state index contributed by atoms with van der Waals surface area (Å²) in [5, 5.41) is 0. The lowest BCUT2D eigenvalue weighted by Gasteiger charge is -2.42. The number of unbranched alkanes of at least 4 members (excludes halogenated alkanes) is 1. The number of hydrogen-bond donors (Lipinski definition) is 0. The molecule has 0 aromatic carbocycles. The molecule has 0 saturated carbocycles. The molecule has 12 heteroatoms. The van der Waals surface area contributed by atoms with Crippen molar-refractivity contribution in [1.82, 2.24) is 0 Å². The van der Waals surface area contributed by atoms with Crippen molar-refractivity contribution in [1.29, 1.82) is 0 Å². The molecule has 1 atom stereocenters. The van der Waals surface area contributed by atoms with E-state index in [-0.39, 0.29) is 19.4 Å². The van der Waals surface area contributed by atoms with Gasteiger partial charge >= 0.3 is 24.1 Å². The maximum absolute atomic E-state index is 13.8. The van der Waals surface area contributed by atoms with E-state index in [2.05, 4.69) is 4.74 Å². The minimum atomic E-state index is -6.43. The van der Waals surface area contributed by atoms with Crippen LogP contribution in [0.1, 0.15) is 19.3 Å². The van der Waals surface area contributed by atoms with E-state index in [0.717, 1.165) is 0 Å². The van der Waals surface area contributed by atoms with Gasteiger partial charge in [-0.2, -0.15) is 43.9 Å². The molecule has 1 nitrogen and oxygen atoms in total. The highest BCUT2D eigenvalue weighted by atomic mass is 35.5. The molecular formula is C11H11ClF10O. The van der Waals surface area contributed by atoms with Gasteiger partial charge in [0.2, 0.25) is 11.4 Å². The fraction of sp³-hybridized carbons (Fsp3) is 0.818. The molecule has 23 heavy (non-hydrogen) atoms. The maximum Gasteiger partial charge on any atom is 0.423 e. The van der Waals surface area contributed by atoms with Crippen LogP contribution < -0.4 is 0 Å². The number of allylic oxidation sites excluding steroid dienone is 1. The van der Waals surface area contributed by atoms with Crippen LogP contribution >= 0.6 is 11.6 Å². The number of alkyl halides is 8. The molecule has 0 aliphatic rings. The zero-order valence-corrected chi connectivity index (χ0v) is 12.2. The molecule has 0 rings (SSSR count). The number of hydrogen-bond acceptors (Lipinski definition) is 1. The first kappa shape index (κ1) is 22.3. The van der Waals surface area contributed by atoms with E-state index in [4.69, 9.17) is 11.6 Å². The van der Waals surface area contributed by atoms with E-state index in [1.54, 1.807) is 0 Å². The van der Waals surface area contributed by atoms with Crippen LogP contribution in [0.15, 0.2) is 11.9 Å². The molecule has 0 heterocycles. The minimum absolute atomic E-state index is 0.0472. The Bertz CT molecular complexity index is 429. The zero-order valence-electron chi connectivity index (χ0n) is 11.4. The monoisotopic (exact) mass is 384 g/mol. The standard InChI is InChI=1S/C11H11ClF10O/c1-23-8(11(20,21)22,4-2-3-5-12)10(18,19)9(16,17)6(13)7(14)15/h2-5H2,1H3. The Morgan fingerprint density at radius 3 is 1.70 bits per heavy atom. The highest BCUT2D eigenvalue weighted by Crippen LogP contribution is 2.56. The highest BCUT2D eigenvalue weighted by molar-refractivity contribution is 6.17. The van der Waals surface area contributed by atoms with Crippen LogP contribution in [0, 0.1) is 0 Å². The second-order valence-corrected chi connectivity index (χ2v) is 4.78. The van der Waals surface area contributed by atoms with Crippen LogP contribution in [-0.2, 0) is 4.74 Å². The Balaban J connectivity index is 6.20. The lowest BCUT2D eigenvalue weighted by Crippen LogP contribution is -2.67. The summed E-state index contributed by atoms with van der Waals surface area (Å²) in [5.41, 5.74) is -4.87. The fourth-order valence-corrected chi connectivity index (χ4v) is 1.99. The van der Waals surface area contributed by atoms with Crippen molar-refractivity contribution < 1.29 is 48.6 Å². The molecule has 0 aromatic heterocycles. The van der Waals surface area contributed by atoms with Crippen LogP contribution in [0.3, 0.4) is 0 Å². The van der Waals surface area contributed by atoms with Crippen molar-refractivity contribution in [3.8, 4) is 0 Å². The van der Waals surface area contributed by atoms with Crippen LogP contribution in [0.4, 0.5) is 43.9 Å². The van der Waals surface area contributed by atoms with E-state index in [1.165, 1.54) is 0 Å². The van der Waals surface area contributed by atoms with E-state index in [0.29, 0.717) is 0 Å². The number of methoxy groups -OCH3 is 1. The predicted octanol–water partition coefficient (Wildman–Crippen LogP) is 5.69. The van der Waals surface area contributed by atoms with Gasteiger partial charge in [0, 0.05) is 13.0 Å². The predicted molar refractivity (Wildman–Crippen MR) is 60.6 cm³/mol. The first-order valence-electron chi connectivity index (χ1n) is 5.87. The highest BCUT2D eigenvalue weighted by Gasteiger charge is 2.80. The number of halogens is 11. The molecule has 0 radical (unpaired) electrons. The molecule has 0 amide bonds. The van der Waals surface area contributed by atoms with Crippen LogP contribution in [-0.4, -0.2) is 36.6 Å². The van der Waals surface area contributed by atoms with Gasteiger partial charge in [0.15, 0.2) is 0 Å². The summed E-state index contributed by atoms with van der Waals surface area (Å²) in [6.07, 6.45) is -12.7. The average Bonchev–Trinajstić information content (AvgIpc) is 2.40. The number of rotatable bonds is 8. The Hall–Kier alpha value is -0.710. The molecule has 0 N–H and O–H groups in total.